The van der Waals surface area contributed by atoms with Gasteiger partial charge >= 0.3 is 0 Å². The van der Waals surface area contributed by atoms with E-state index in [0.29, 0.717) is 0 Å². The Hall–Kier alpha value is -6.81. The number of fused-ring (bicyclic) bond motifs is 14. The van der Waals surface area contributed by atoms with Crippen molar-refractivity contribution >= 4 is 54.7 Å². The van der Waals surface area contributed by atoms with Crippen LogP contribution in [0.4, 0.5) is 0 Å². The topological polar surface area (TPSA) is 17.8 Å². The highest BCUT2D eigenvalue weighted by atomic mass is 32.1. The number of hydrogen-bond acceptors (Lipinski definition) is 2. The first-order valence-electron chi connectivity index (χ1n) is 18.9. The number of imidazole rings is 1. The van der Waals surface area contributed by atoms with Crippen LogP contribution in [0.25, 0.3) is 82.7 Å². The summed E-state index contributed by atoms with van der Waals surface area (Å²) in [4.78, 5) is 5.31. The van der Waals surface area contributed by atoms with Crippen LogP contribution >= 0.6 is 11.3 Å². The minimum Gasteiger partial charge on any atom is -0.292 e. The largest absolute Gasteiger partial charge is 0.292 e. The van der Waals surface area contributed by atoms with Crippen molar-refractivity contribution in [1.82, 2.24) is 9.55 Å². The fourth-order valence-electron chi connectivity index (χ4n) is 9.52. The number of thiophene rings is 1. The van der Waals surface area contributed by atoms with Crippen molar-refractivity contribution in [3.63, 3.8) is 0 Å². The van der Waals surface area contributed by atoms with E-state index in [9.17, 15) is 0 Å². The third kappa shape index (κ3) is 4.27. The first-order valence-corrected chi connectivity index (χ1v) is 19.7. The van der Waals surface area contributed by atoms with Crippen molar-refractivity contribution < 1.29 is 0 Å². The molecule has 1 spiro atoms. The van der Waals surface area contributed by atoms with Crippen LogP contribution in [0.2, 0.25) is 0 Å². The molecule has 256 valence electrons. The van der Waals surface area contributed by atoms with Crippen LogP contribution in [0.5, 0.6) is 0 Å². The molecule has 2 aromatic heterocycles. The van der Waals surface area contributed by atoms with E-state index < -0.39 is 5.41 Å². The molecule has 12 rings (SSSR count). The van der Waals surface area contributed by atoms with Crippen LogP contribution in [0, 0.1) is 0 Å². The van der Waals surface area contributed by atoms with Gasteiger partial charge in [-0.15, -0.1) is 11.3 Å². The van der Waals surface area contributed by atoms with Gasteiger partial charge in [0.1, 0.15) is 5.82 Å². The van der Waals surface area contributed by atoms with Crippen LogP contribution in [0.1, 0.15) is 33.4 Å². The highest BCUT2D eigenvalue weighted by Crippen LogP contribution is 2.61. The van der Waals surface area contributed by atoms with Gasteiger partial charge in [0, 0.05) is 37.0 Å². The second-order valence-electron chi connectivity index (χ2n) is 14.7. The zero-order chi connectivity index (χ0) is 36.1. The minimum absolute atomic E-state index is 0.513. The Morgan fingerprint density at radius 2 is 1.16 bits per heavy atom. The van der Waals surface area contributed by atoms with Crippen LogP contribution in [-0.4, -0.2) is 9.55 Å². The number of rotatable bonds is 3. The number of nitrogens with zero attached hydrogens (tertiary/aromatic N) is 2. The Balaban J connectivity index is 1.12. The minimum atomic E-state index is -0.513. The molecule has 55 heavy (non-hydrogen) atoms. The third-order valence-corrected chi connectivity index (χ3v) is 13.1. The van der Waals surface area contributed by atoms with Gasteiger partial charge in [-0.1, -0.05) is 158 Å². The Kier molecular flexibility index (Phi) is 6.46. The molecule has 2 heterocycles. The van der Waals surface area contributed by atoms with Crippen LogP contribution in [-0.2, 0) is 5.41 Å². The predicted molar refractivity (Wildman–Crippen MR) is 231 cm³/mol. The van der Waals surface area contributed by atoms with E-state index in [2.05, 4.69) is 199 Å². The molecule has 2 nitrogen and oxygen atoms in total. The summed E-state index contributed by atoms with van der Waals surface area (Å²) in [5, 5.41) is 2.66. The Bertz CT molecular complexity index is 3200. The highest BCUT2D eigenvalue weighted by molar-refractivity contribution is 7.26. The third-order valence-electron chi connectivity index (χ3n) is 11.9. The van der Waals surface area contributed by atoms with Crippen molar-refractivity contribution in [2.24, 2.45) is 0 Å². The smallest absolute Gasteiger partial charge is 0.145 e. The van der Waals surface area contributed by atoms with E-state index in [1.165, 1.54) is 70.2 Å². The summed E-state index contributed by atoms with van der Waals surface area (Å²) >= 11 is 1.92. The molecule has 0 radical (unpaired) electrons. The van der Waals surface area contributed by atoms with Gasteiger partial charge in [-0.2, -0.15) is 0 Å². The second-order valence-corrected chi connectivity index (χ2v) is 15.7. The van der Waals surface area contributed by atoms with Gasteiger partial charge in [-0.05, 0) is 86.5 Å². The molecule has 0 saturated carbocycles. The first kappa shape index (κ1) is 30.6. The first-order chi connectivity index (χ1) is 27.3. The maximum atomic E-state index is 5.31. The van der Waals surface area contributed by atoms with Gasteiger partial charge < -0.3 is 0 Å². The summed E-state index contributed by atoms with van der Waals surface area (Å²) in [7, 11) is 0. The van der Waals surface area contributed by atoms with Gasteiger partial charge in [0.15, 0.2) is 0 Å². The zero-order valence-electron chi connectivity index (χ0n) is 29.8. The van der Waals surface area contributed by atoms with Crippen LogP contribution < -0.4 is 0 Å². The summed E-state index contributed by atoms with van der Waals surface area (Å²) < 4.78 is 4.98. The molecule has 0 saturated heterocycles. The molecule has 0 fully saturated rings. The highest BCUT2D eigenvalue weighted by Gasteiger charge is 2.49. The predicted octanol–water partition coefficient (Wildman–Crippen LogP) is 13.6. The van der Waals surface area contributed by atoms with E-state index in [4.69, 9.17) is 4.98 Å². The molecular weight excluding hydrogens is 685 g/mol. The monoisotopic (exact) mass is 716 g/mol. The van der Waals surface area contributed by atoms with Crippen molar-refractivity contribution in [1.29, 1.82) is 0 Å². The van der Waals surface area contributed by atoms with E-state index in [0.717, 1.165) is 33.7 Å². The van der Waals surface area contributed by atoms with Crippen molar-refractivity contribution in [2.75, 3.05) is 0 Å². The van der Waals surface area contributed by atoms with E-state index in [1.54, 1.807) is 0 Å². The van der Waals surface area contributed by atoms with Crippen LogP contribution in [0.3, 0.4) is 0 Å². The lowest BCUT2D eigenvalue weighted by Gasteiger charge is -2.35. The molecule has 1 unspecified atom stereocenters. The lowest BCUT2D eigenvalue weighted by Crippen LogP contribution is -2.30. The summed E-state index contributed by atoms with van der Waals surface area (Å²) in [5.74, 6) is 0.938. The molecule has 8 aromatic carbocycles. The molecule has 2 aliphatic carbocycles. The number of benzene rings is 8. The van der Waals surface area contributed by atoms with Crippen molar-refractivity contribution in [3.05, 3.63) is 215 Å². The summed E-state index contributed by atoms with van der Waals surface area (Å²) in [5.41, 5.74) is 16.6. The SMILES string of the molecule is C1=Cc2ccc(-c3ccc4c(c3)nc(-c3ccccc3)n4-c3ccccc3)cc2C2(c3ccccc31)c1ccccc1-c1c2ccc2c1sc1ccccc12. The number of para-hydroxylation sites is 1. The lowest BCUT2D eigenvalue weighted by atomic mass is 9.65. The quantitative estimate of drug-likeness (QED) is 0.178. The summed E-state index contributed by atoms with van der Waals surface area (Å²) in [6.45, 7) is 0. The normalized spacial score (nSPS) is 15.3. The molecule has 3 heteroatoms. The molecule has 0 amide bonds. The van der Waals surface area contributed by atoms with Gasteiger partial charge in [-0.3, -0.25) is 4.57 Å². The zero-order valence-corrected chi connectivity index (χ0v) is 30.6. The number of aromatic nitrogens is 2. The molecule has 0 N–H and O–H groups in total. The van der Waals surface area contributed by atoms with Crippen LogP contribution in [0.15, 0.2) is 182 Å². The second kappa shape index (κ2) is 11.6. The van der Waals surface area contributed by atoms with Gasteiger partial charge in [0.2, 0.25) is 0 Å². The molecule has 2 aliphatic rings. The van der Waals surface area contributed by atoms with E-state index in [-0.39, 0.29) is 0 Å². The van der Waals surface area contributed by atoms with Gasteiger partial charge in [-0.25, -0.2) is 4.98 Å². The van der Waals surface area contributed by atoms with E-state index >= 15 is 0 Å². The van der Waals surface area contributed by atoms with Gasteiger partial charge in [0.05, 0.1) is 16.4 Å². The maximum Gasteiger partial charge on any atom is 0.145 e. The summed E-state index contributed by atoms with van der Waals surface area (Å²) in [6, 6.07) is 66.8. The van der Waals surface area contributed by atoms with Crippen molar-refractivity contribution in [3.8, 4) is 39.3 Å². The standard InChI is InChI=1S/C52H32N2S/c1-3-14-35(15-4-1)51-53-46-32-37(27-30-47(46)54(51)38-16-5-2-6-17-38)36-26-25-34-24-23-33-13-7-10-20-42(33)52(45(34)31-36)43-21-11-8-19-41(43)49-44(52)29-28-40-39-18-9-12-22-48(39)55-50(40)49/h1-32H. The Labute approximate surface area is 322 Å². The molecule has 1 atom stereocenters. The Morgan fingerprint density at radius 3 is 2.04 bits per heavy atom. The molecular formula is C52H32N2S. The van der Waals surface area contributed by atoms with Gasteiger partial charge in [0.25, 0.3) is 0 Å². The maximum absolute atomic E-state index is 5.31. The fourth-order valence-corrected chi connectivity index (χ4v) is 10.8. The molecule has 10 aromatic rings. The van der Waals surface area contributed by atoms with E-state index in [1.807, 2.05) is 11.3 Å². The molecule has 0 aliphatic heterocycles. The Morgan fingerprint density at radius 1 is 0.473 bits per heavy atom. The fraction of sp³-hybridized carbons (Fsp3) is 0.0192. The molecule has 0 bridgehead atoms. The number of hydrogen-bond donors (Lipinski definition) is 0. The average Bonchev–Trinajstić information content (AvgIpc) is 3.89. The lowest BCUT2D eigenvalue weighted by molar-refractivity contribution is 0.767. The average molecular weight is 717 g/mol. The van der Waals surface area contributed by atoms with Crippen molar-refractivity contribution in [2.45, 2.75) is 5.41 Å². The summed E-state index contributed by atoms with van der Waals surface area (Å²) in [6.07, 6.45) is 4.64.